The van der Waals surface area contributed by atoms with Crippen molar-refractivity contribution >= 4 is 23.5 Å². The predicted octanol–water partition coefficient (Wildman–Crippen LogP) is 2.45. The van der Waals surface area contributed by atoms with Crippen LogP contribution < -0.4 is 5.32 Å². The Balaban J connectivity index is 2.77. The molecule has 6 heteroatoms. The third-order valence-electron chi connectivity index (χ3n) is 2.23. The van der Waals surface area contributed by atoms with E-state index in [0.717, 1.165) is 0 Å². The van der Waals surface area contributed by atoms with E-state index in [1.54, 1.807) is 6.08 Å². The number of allylic oxidation sites excluding steroid dienone is 1. The number of H-pyrrole nitrogens is 1. The second-order valence-electron chi connectivity index (χ2n) is 5.25. The largest absolute Gasteiger partial charge is 0.479 e. The van der Waals surface area contributed by atoms with E-state index in [1.165, 1.54) is 18.3 Å². The van der Waals surface area contributed by atoms with Crippen LogP contribution in [0.25, 0.3) is 0 Å². The molecule has 19 heavy (non-hydrogen) atoms. The van der Waals surface area contributed by atoms with E-state index in [9.17, 15) is 9.59 Å². The van der Waals surface area contributed by atoms with Gasteiger partial charge in [-0.3, -0.25) is 4.79 Å². The van der Waals surface area contributed by atoms with Crippen molar-refractivity contribution in [3.05, 3.63) is 35.1 Å². The van der Waals surface area contributed by atoms with Crippen LogP contribution in [0.4, 0.5) is 0 Å². The fourth-order valence-electron chi connectivity index (χ4n) is 1.30. The number of carboxylic acid groups (broad SMARTS) is 1. The lowest BCUT2D eigenvalue weighted by atomic mass is 9.95. The first-order chi connectivity index (χ1) is 8.69. The number of carbonyl (C=O) groups excluding carboxylic acids is 1. The first-order valence-electron chi connectivity index (χ1n) is 5.76. The van der Waals surface area contributed by atoms with Crippen LogP contribution in [0.15, 0.2) is 24.4 Å². The number of hydrogen-bond donors (Lipinski definition) is 3. The predicted molar refractivity (Wildman–Crippen MR) is 73.3 cm³/mol. The number of carbonyl (C=O) groups is 2. The fraction of sp³-hybridized carbons (Fsp3) is 0.385. The number of carboxylic acids is 1. The number of nitrogens with one attached hydrogen (secondary N) is 2. The van der Waals surface area contributed by atoms with Gasteiger partial charge in [0.15, 0.2) is 0 Å². The van der Waals surface area contributed by atoms with Gasteiger partial charge in [0.25, 0.3) is 5.91 Å². The Kier molecular flexibility index (Phi) is 4.78. The molecule has 1 rings (SSSR count). The van der Waals surface area contributed by atoms with Crippen molar-refractivity contribution in [1.82, 2.24) is 10.3 Å². The molecular formula is C13H17ClN2O3. The summed E-state index contributed by atoms with van der Waals surface area (Å²) in [6, 6.07) is 0.359. The quantitative estimate of drug-likeness (QED) is 0.743. The SMILES string of the molecule is CC(C)(C)/C=C/C(NC(=O)c1cc(Cl)c[nH]1)C(=O)O. The lowest BCUT2D eigenvalue weighted by molar-refractivity contribution is -0.137. The van der Waals surface area contributed by atoms with Crippen molar-refractivity contribution in [3.8, 4) is 0 Å². The molecule has 0 aliphatic rings. The van der Waals surface area contributed by atoms with Gasteiger partial charge in [-0.1, -0.05) is 44.5 Å². The standard InChI is InChI=1S/C13H17ClN2O3/c1-13(2,3)5-4-9(12(18)19)16-11(17)10-6-8(14)7-15-10/h4-7,9,15H,1-3H3,(H,16,17)(H,18,19)/b5-4+. The van der Waals surface area contributed by atoms with Gasteiger partial charge >= 0.3 is 5.97 Å². The Bertz CT molecular complexity index is 500. The third kappa shape index (κ3) is 5.18. The maximum absolute atomic E-state index is 11.8. The molecule has 0 bridgehead atoms. The third-order valence-corrected chi connectivity index (χ3v) is 2.45. The molecule has 1 aromatic rings. The molecule has 104 valence electrons. The van der Waals surface area contributed by atoms with Crippen molar-refractivity contribution in [2.45, 2.75) is 26.8 Å². The van der Waals surface area contributed by atoms with E-state index in [0.29, 0.717) is 5.02 Å². The maximum Gasteiger partial charge on any atom is 0.330 e. The Labute approximate surface area is 116 Å². The molecule has 3 N–H and O–H groups in total. The highest BCUT2D eigenvalue weighted by Gasteiger charge is 2.19. The minimum Gasteiger partial charge on any atom is -0.479 e. The van der Waals surface area contributed by atoms with E-state index in [1.807, 2.05) is 20.8 Å². The van der Waals surface area contributed by atoms with Crippen LogP contribution in [0, 0.1) is 5.41 Å². The van der Waals surface area contributed by atoms with Crippen molar-refractivity contribution < 1.29 is 14.7 Å². The van der Waals surface area contributed by atoms with Crippen LogP contribution in [0.3, 0.4) is 0 Å². The second-order valence-corrected chi connectivity index (χ2v) is 5.68. The monoisotopic (exact) mass is 284 g/mol. The summed E-state index contributed by atoms with van der Waals surface area (Å²) in [6.07, 6.45) is 4.66. The van der Waals surface area contributed by atoms with Crippen molar-refractivity contribution in [1.29, 1.82) is 0 Å². The molecular weight excluding hydrogens is 268 g/mol. The van der Waals surface area contributed by atoms with Crippen LogP contribution in [0.1, 0.15) is 31.3 Å². The zero-order valence-corrected chi connectivity index (χ0v) is 11.8. The van der Waals surface area contributed by atoms with E-state index < -0.39 is 17.9 Å². The van der Waals surface area contributed by atoms with Crippen LogP contribution in [0.5, 0.6) is 0 Å². The van der Waals surface area contributed by atoms with Gasteiger partial charge in [-0.15, -0.1) is 0 Å². The van der Waals surface area contributed by atoms with Gasteiger partial charge in [-0.2, -0.15) is 0 Å². The fourth-order valence-corrected chi connectivity index (χ4v) is 1.46. The molecule has 1 heterocycles. The van der Waals surface area contributed by atoms with Crippen LogP contribution in [-0.4, -0.2) is 28.0 Å². The van der Waals surface area contributed by atoms with Crippen molar-refractivity contribution in [2.24, 2.45) is 5.41 Å². The molecule has 1 unspecified atom stereocenters. The van der Waals surface area contributed by atoms with Gasteiger partial charge in [0, 0.05) is 6.20 Å². The number of aromatic nitrogens is 1. The van der Waals surface area contributed by atoms with Crippen LogP contribution in [-0.2, 0) is 4.79 Å². The van der Waals surface area contributed by atoms with Gasteiger partial charge in [0.1, 0.15) is 11.7 Å². The highest BCUT2D eigenvalue weighted by atomic mass is 35.5. The zero-order valence-electron chi connectivity index (χ0n) is 11.0. The molecule has 1 atom stereocenters. The van der Waals surface area contributed by atoms with Crippen molar-refractivity contribution in [3.63, 3.8) is 0 Å². The Morgan fingerprint density at radius 2 is 2.11 bits per heavy atom. The molecule has 0 aliphatic heterocycles. The Morgan fingerprint density at radius 1 is 1.47 bits per heavy atom. The lowest BCUT2D eigenvalue weighted by Gasteiger charge is -2.14. The number of rotatable bonds is 4. The summed E-state index contributed by atoms with van der Waals surface area (Å²) in [5.41, 5.74) is 0.0640. The molecule has 0 aliphatic carbocycles. The highest BCUT2D eigenvalue weighted by molar-refractivity contribution is 6.31. The lowest BCUT2D eigenvalue weighted by Crippen LogP contribution is -2.39. The normalized spacial score (nSPS) is 13.5. The molecule has 0 fully saturated rings. The summed E-state index contributed by atoms with van der Waals surface area (Å²) in [5, 5.41) is 11.9. The molecule has 1 aromatic heterocycles. The van der Waals surface area contributed by atoms with Gasteiger partial charge in [0.05, 0.1) is 5.02 Å². The summed E-state index contributed by atoms with van der Waals surface area (Å²) < 4.78 is 0. The molecule has 0 saturated heterocycles. The van der Waals surface area contributed by atoms with Gasteiger partial charge < -0.3 is 15.4 Å². The molecule has 5 nitrogen and oxygen atoms in total. The van der Waals surface area contributed by atoms with E-state index in [4.69, 9.17) is 16.7 Å². The van der Waals surface area contributed by atoms with E-state index in [-0.39, 0.29) is 11.1 Å². The molecule has 0 spiro atoms. The van der Waals surface area contributed by atoms with Crippen LogP contribution in [0.2, 0.25) is 5.02 Å². The Morgan fingerprint density at radius 3 is 2.53 bits per heavy atom. The maximum atomic E-state index is 11.8. The first kappa shape index (κ1) is 15.3. The number of amides is 1. The zero-order chi connectivity index (χ0) is 14.6. The summed E-state index contributed by atoms with van der Waals surface area (Å²) in [7, 11) is 0. The summed E-state index contributed by atoms with van der Waals surface area (Å²) in [5.74, 6) is -1.63. The number of halogens is 1. The molecule has 0 radical (unpaired) electrons. The smallest absolute Gasteiger partial charge is 0.330 e. The van der Waals surface area contributed by atoms with Gasteiger partial charge in [0.2, 0.25) is 0 Å². The van der Waals surface area contributed by atoms with Crippen molar-refractivity contribution in [2.75, 3.05) is 0 Å². The van der Waals surface area contributed by atoms with Gasteiger partial charge in [-0.05, 0) is 11.5 Å². The van der Waals surface area contributed by atoms with E-state index in [2.05, 4.69) is 10.3 Å². The van der Waals surface area contributed by atoms with Crippen LogP contribution >= 0.6 is 11.6 Å². The highest BCUT2D eigenvalue weighted by Crippen LogP contribution is 2.15. The number of aromatic amines is 1. The first-order valence-corrected chi connectivity index (χ1v) is 6.14. The molecule has 1 amide bonds. The average Bonchev–Trinajstić information content (AvgIpc) is 2.69. The average molecular weight is 285 g/mol. The Hall–Kier alpha value is -1.75. The van der Waals surface area contributed by atoms with E-state index >= 15 is 0 Å². The number of hydrogen-bond acceptors (Lipinski definition) is 2. The topological polar surface area (TPSA) is 82.2 Å². The molecule has 0 saturated carbocycles. The molecule has 0 aromatic carbocycles. The second kappa shape index (κ2) is 5.93. The summed E-state index contributed by atoms with van der Waals surface area (Å²) in [6.45, 7) is 5.82. The summed E-state index contributed by atoms with van der Waals surface area (Å²) in [4.78, 5) is 25.5. The summed E-state index contributed by atoms with van der Waals surface area (Å²) >= 11 is 5.68. The minimum absolute atomic E-state index is 0.159. The minimum atomic E-state index is -1.12. The number of aliphatic carboxylic acids is 1. The van der Waals surface area contributed by atoms with Gasteiger partial charge in [-0.25, -0.2) is 4.79 Å².